The van der Waals surface area contributed by atoms with Crippen molar-refractivity contribution >= 4 is 39.5 Å². The number of anilines is 3. The number of aryl methyl sites for hydroxylation is 1. The van der Waals surface area contributed by atoms with E-state index in [1.54, 1.807) is 12.3 Å². The molecule has 6 N–H and O–H groups in total. The van der Waals surface area contributed by atoms with Crippen molar-refractivity contribution in [2.75, 3.05) is 29.5 Å². The number of hydrogen-bond donors (Lipinski definition) is 5. The van der Waals surface area contributed by atoms with Gasteiger partial charge < -0.3 is 27.0 Å². The Morgan fingerprint density at radius 1 is 1.09 bits per heavy atom. The molecular weight excluding hydrogens is 557 g/mol. The van der Waals surface area contributed by atoms with Crippen LogP contribution in [0.1, 0.15) is 29.9 Å². The average Bonchev–Trinajstić information content (AvgIpc) is 3.35. The number of nitrogens with one attached hydrogen (secondary N) is 4. The number of fused-ring (bicyclic) bond motifs is 2. The standard InChI is InChI=1S/C31H31F3N8O/c1-18-39-27(28-29(35)38-17-22(42(18)28)16-37-21-8-5-13-36-15-21)25-11-12-26(24-10-3-2-9-23(24)25)41-30(43)40-20-7-4-6-19(14-20)31(32,33)34/h2-4,6-7,9-12,14,17,21,36-37H,5,8,13,15-16H2,1H3,(H2,35,38)(H2,40,41,43)/t21-/m0/s1. The zero-order valence-electron chi connectivity index (χ0n) is 23.4. The lowest BCUT2D eigenvalue weighted by atomic mass is 10.00. The third kappa shape index (κ3) is 5.84. The van der Waals surface area contributed by atoms with E-state index in [1.165, 1.54) is 12.1 Å². The van der Waals surface area contributed by atoms with Crippen molar-refractivity contribution in [1.29, 1.82) is 0 Å². The molecule has 5 aromatic rings. The van der Waals surface area contributed by atoms with Gasteiger partial charge in [-0.1, -0.05) is 36.4 Å². The Hall–Kier alpha value is -4.68. The number of rotatable bonds is 6. The number of alkyl halides is 3. The lowest BCUT2D eigenvalue weighted by Crippen LogP contribution is -2.42. The van der Waals surface area contributed by atoms with Crippen LogP contribution in [-0.4, -0.2) is 39.5 Å². The maximum Gasteiger partial charge on any atom is 0.416 e. The fourth-order valence-corrected chi connectivity index (χ4v) is 5.64. The number of benzene rings is 3. The van der Waals surface area contributed by atoms with Crippen LogP contribution in [0.2, 0.25) is 0 Å². The monoisotopic (exact) mass is 588 g/mol. The van der Waals surface area contributed by atoms with Crippen LogP contribution < -0.4 is 27.0 Å². The molecule has 6 rings (SSSR count). The van der Waals surface area contributed by atoms with E-state index in [1.807, 2.05) is 41.7 Å². The maximum absolute atomic E-state index is 13.1. The number of piperidine rings is 1. The third-order valence-electron chi connectivity index (χ3n) is 7.67. The Morgan fingerprint density at radius 2 is 1.91 bits per heavy atom. The molecule has 43 heavy (non-hydrogen) atoms. The van der Waals surface area contributed by atoms with Crippen LogP contribution >= 0.6 is 0 Å². The van der Waals surface area contributed by atoms with E-state index in [0.29, 0.717) is 35.3 Å². The molecule has 1 atom stereocenters. The molecule has 0 bridgehead atoms. The zero-order valence-corrected chi connectivity index (χ0v) is 23.4. The van der Waals surface area contributed by atoms with E-state index < -0.39 is 17.8 Å². The highest BCUT2D eigenvalue weighted by Gasteiger charge is 2.30. The Bertz CT molecular complexity index is 1810. The summed E-state index contributed by atoms with van der Waals surface area (Å²) >= 11 is 0. The molecule has 222 valence electrons. The highest BCUT2D eigenvalue weighted by molar-refractivity contribution is 6.10. The van der Waals surface area contributed by atoms with E-state index in [2.05, 4.69) is 26.3 Å². The summed E-state index contributed by atoms with van der Waals surface area (Å²) in [5.74, 6) is 1.12. The summed E-state index contributed by atoms with van der Waals surface area (Å²) in [6.45, 7) is 4.50. The molecule has 1 fully saturated rings. The van der Waals surface area contributed by atoms with Crippen molar-refractivity contribution < 1.29 is 18.0 Å². The molecule has 0 spiro atoms. The number of hydrogen-bond acceptors (Lipinski definition) is 6. The van der Waals surface area contributed by atoms with E-state index in [-0.39, 0.29) is 5.69 Å². The zero-order chi connectivity index (χ0) is 30.1. The first kappa shape index (κ1) is 28.4. The first-order chi connectivity index (χ1) is 20.7. The molecule has 12 heteroatoms. The minimum Gasteiger partial charge on any atom is -0.382 e. The minimum atomic E-state index is -4.51. The molecule has 0 saturated carbocycles. The fourth-order valence-electron chi connectivity index (χ4n) is 5.64. The van der Waals surface area contributed by atoms with Crippen molar-refractivity contribution in [3.05, 3.63) is 83.9 Å². The quantitative estimate of drug-likeness (QED) is 0.167. The maximum atomic E-state index is 13.1. The summed E-state index contributed by atoms with van der Waals surface area (Å²) in [5.41, 5.74) is 9.22. The summed E-state index contributed by atoms with van der Waals surface area (Å²) in [7, 11) is 0. The molecule has 0 unspecified atom stereocenters. The van der Waals surface area contributed by atoms with E-state index in [9.17, 15) is 18.0 Å². The van der Waals surface area contributed by atoms with Crippen molar-refractivity contribution in [3.63, 3.8) is 0 Å². The van der Waals surface area contributed by atoms with Gasteiger partial charge in [-0.15, -0.1) is 0 Å². The lowest BCUT2D eigenvalue weighted by Gasteiger charge is -2.24. The Morgan fingerprint density at radius 3 is 2.67 bits per heavy atom. The van der Waals surface area contributed by atoms with Crippen molar-refractivity contribution in [3.8, 4) is 11.3 Å². The number of nitrogens with zero attached hydrogens (tertiary/aromatic N) is 3. The predicted octanol–water partition coefficient (Wildman–Crippen LogP) is 5.94. The Balaban J connectivity index is 1.32. The van der Waals surface area contributed by atoms with E-state index in [0.717, 1.165) is 65.9 Å². The second kappa shape index (κ2) is 11.5. The number of carbonyl (C=O) groups is 1. The Kier molecular flexibility index (Phi) is 7.63. The number of carbonyl (C=O) groups excluding carboxylic acids is 1. The summed E-state index contributed by atoms with van der Waals surface area (Å²) < 4.78 is 41.4. The number of urea groups is 1. The summed E-state index contributed by atoms with van der Waals surface area (Å²) in [6.07, 6.45) is -0.500. The average molecular weight is 589 g/mol. The number of amides is 2. The number of nitrogens with two attached hydrogens (primary N) is 1. The van der Waals surface area contributed by atoms with Gasteiger partial charge in [-0.25, -0.2) is 14.8 Å². The molecular formula is C31H31F3N8O. The van der Waals surface area contributed by atoms with Gasteiger partial charge in [-0.2, -0.15) is 13.2 Å². The topological polar surface area (TPSA) is 121 Å². The second-order valence-electron chi connectivity index (χ2n) is 10.6. The van der Waals surface area contributed by atoms with Gasteiger partial charge in [-0.05, 0) is 56.0 Å². The highest BCUT2D eigenvalue weighted by Crippen LogP contribution is 2.37. The van der Waals surface area contributed by atoms with Gasteiger partial charge in [0.25, 0.3) is 0 Å². The molecule has 1 saturated heterocycles. The first-order valence-corrected chi connectivity index (χ1v) is 14.0. The fraction of sp³-hybridized carbons (Fsp3) is 0.258. The summed E-state index contributed by atoms with van der Waals surface area (Å²) in [5, 5.41) is 13.8. The van der Waals surface area contributed by atoms with Gasteiger partial charge in [0.1, 0.15) is 22.9 Å². The number of aromatic nitrogens is 3. The molecule has 3 aromatic carbocycles. The van der Waals surface area contributed by atoms with E-state index in [4.69, 9.17) is 10.7 Å². The smallest absolute Gasteiger partial charge is 0.382 e. The van der Waals surface area contributed by atoms with E-state index >= 15 is 0 Å². The number of halogens is 3. The number of imidazole rings is 1. The summed E-state index contributed by atoms with van der Waals surface area (Å²) in [4.78, 5) is 22.2. The van der Waals surface area contributed by atoms with Crippen molar-refractivity contribution in [2.45, 2.75) is 38.5 Å². The largest absolute Gasteiger partial charge is 0.416 e. The summed E-state index contributed by atoms with van der Waals surface area (Å²) in [6, 6.07) is 15.3. The van der Waals surface area contributed by atoms with Crippen LogP contribution in [-0.2, 0) is 12.7 Å². The third-order valence-corrected chi connectivity index (χ3v) is 7.67. The van der Waals surface area contributed by atoms with Gasteiger partial charge in [0.2, 0.25) is 0 Å². The van der Waals surface area contributed by atoms with Crippen LogP contribution in [0, 0.1) is 6.92 Å². The van der Waals surface area contributed by atoms with Gasteiger partial charge in [0.15, 0.2) is 0 Å². The molecule has 0 aliphatic carbocycles. The molecule has 1 aliphatic rings. The van der Waals surface area contributed by atoms with Crippen LogP contribution in [0.3, 0.4) is 0 Å². The molecule has 2 aromatic heterocycles. The SMILES string of the molecule is Cc1nc(-c2ccc(NC(=O)Nc3cccc(C(F)(F)F)c3)c3ccccc23)c2c(N)ncc(CN[C@H]3CCCNC3)n12. The molecule has 1 aliphatic heterocycles. The van der Waals surface area contributed by atoms with Crippen LogP contribution in [0.15, 0.2) is 66.9 Å². The van der Waals surface area contributed by atoms with Crippen molar-refractivity contribution in [1.82, 2.24) is 25.0 Å². The van der Waals surface area contributed by atoms with Gasteiger partial charge in [0.05, 0.1) is 23.1 Å². The highest BCUT2D eigenvalue weighted by atomic mass is 19.4. The second-order valence-corrected chi connectivity index (χ2v) is 10.6. The molecule has 3 heterocycles. The minimum absolute atomic E-state index is 0.0289. The van der Waals surface area contributed by atoms with Gasteiger partial charge in [0, 0.05) is 35.8 Å². The molecule has 9 nitrogen and oxygen atoms in total. The first-order valence-electron chi connectivity index (χ1n) is 14.0. The lowest BCUT2D eigenvalue weighted by molar-refractivity contribution is -0.137. The predicted molar refractivity (Wildman–Crippen MR) is 162 cm³/mol. The number of nitrogen functional groups attached to an aromatic ring is 1. The Labute approximate surface area is 245 Å². The van der Waals surface area contributed by atoms with Crippen molar-refractivity contribution in [2.24, 2.45) is 0 Å². The van der Waals surface area contributed by atoms with Crippen LogP contribution in [0.5, 0.6) is 0 Å². The normalized spacial score (nSPS) is 15.6. The van der Waals surface area contributed by atoms with Gasteiger partial charge in [-0.3, -0.25) is 4.40 Å². The molecule has 0 radical (unpaired) electrons. The van der Waals surface area contributed by atoms with Crippen LogP contribution in [0.4, 0.5) is 35.2 Å². The van der Waals surface area contributed by atoms with Crippen LogP contribution in [0.25, 0.3) is 27.5 Å². The molecule has 2 amide bonds. The van der Waals surface area contributed by atoms with Gasteiger partial charge >= 0.3 is 12.2 Å².